The van der Waals surface area contributed by atoms with Crippen molar-refractivity contribution in [1.82, 2.24) is 15.2 Å². The first-order valence-corrected chi connectivity index (χ1v) is 5.38. The molecule has 3 nitrogen and oxygen atoms in total. The molecule has 0 aliphatic carbocycles. The smallest absolute Gasteiger partial charge is 0.0487 e. The maximum Gasteiger partial charge on any atom is 0.0487 e. The Kier molecular flexibility index (Phi) is 4.23. The molecule has 0 unspecified atom stereocenters. The molecule has 1 N–H and O–H groups in total. The van der Waals surface area contributed by atoms with Crippen LogP contribution in [0.15, 0.2) is 36.7 Å². The van der Waals surface area contributed by atoms with Gasteiger partial charge in [0.2, 0.25) is 0 Å². The molecule has 2 rings (SSSR count). The van der Waals surface area contributed by atoms with Gasteiger partial charge in [0, 0.05) is 29.2 Å². The SMILES string of the molecule is Cc1cccc(C(C)(C)C)n1.c1cn[nH]c1. The fraction of sp³-hybridized carbons (Fsp3) is 0.385. The average molecular weight is 217 g/mol. The van der Waals surface area contributed by atoms with E-state index in [1.165, 1.54) is 0 Å². The summed E-state index contributed by atoms with van der Waals surface area (Å²) >= 11 is 0. The van der Waals surface area contributed by atoms with E-state index in [-0.39, 0.29) is 5.41 Å². The highest BCUT2D eigenvalue weighted by Gasteiger charge is 2.14. The van der Waals surface area contributed by atoms with Gasteiger partial charge in [0.1, 0.15) is 0 Å². The number of rotatable bonds is 0. The minimum Gasteiger partial charge on any atom is -0.286 e. The summed E-state index contributed by atoms with van der Waals surface area (Å²) in [5.74, 6) is 0. The van der Waals surface area contributed by atoms with Crippen LogP contribution in [0.2, 0.25) is 0 Å². The van der Waals surface area contributed by atoms with E-state index in [0.29, 0.717) is 0 Å². The van der Waals surface area contributed by atoms with Crippen molar-refractivity contribution in [2.75, 3.05) is 0 Å². The van der Waals surface area contributed by atoms with Crippen LogP contribution in [0.4, 0.5) is 0 Å². The van der Waals surface area contributed by atoms with Gasteiger partial charge >= 0.3 is 0 Å². The molecule has 2 heterocycles. The summed E-state index contributed by atoms with van der Waals surface area (Å²) in [7, 11) is 0. The number of aromatic nitrogens is 3. The molecule has 0 spiro atoms. The first-order chi connectivity index (χ1) is 7.50. The van der Waals surface area contributed by atoms with Crippen LogP contribution in [0, 0.1) is 6.92 Å². The Morgan fingerprint density at radius 1 is 1.12 bits per heavy atom. The molecule has 2 aromatic rings. The lowest BCUT2D eigenvalue weighted by Crippen LogP contribution is -2.13. The summed E-state index contributed by atoms with van der Waals surface area (Å²) in [5, 5.41) is 6.21. The maximum absolute atomic E-state index is 4.44. The largest absolute Gasteiger partial charge is 0.286 e. The van der Waals surface area contributed by atoms with Crippen LogP contribution in [0.5, 0.6) is 0 Å². The standard InChI is InChI=1S/C10H15N.C3H4N2/c1-8-6-5-7-9(11-8)10(2,3)4;1-2-4-5-3-1/h5-7H,1-4H3;1-3H,(H,4,5). The second kappa shape index (κ2) is 5.45. The number of hydrogen-bond donors (Lipinski definition) is 1. The number of pyridine rings is 1. The zero-order chi connectivity index (χ0) is 12.0. The highest BCUT2D eigenvalue weighted by molar-refractivity contribution is 5.16. The monoisotopic (exact) mass is 217 g/mol. The number of H-pyrrole nitrogens is 1. The molecule has 3 heteroatoms. The third-order valence-corrected chi connectivity index (χ3v) is 2.06. The third kappa shape index (κ3) is 4.26. The first-order valence-electron chi connectivity index (χ1n) is 5.38. The van der Waals surface area contributed by atoms with Crippen LogP contribution in [0.3, 0.4) is 0 Å². The molecule has 0 radical (unpaired) electrons. The second-order valence-corrected chi connectivity index (χ2v) is 4.68. The number of nitrogens with zero attached hydrogens (tertiary/aromatic N) is 2. The second-order valence-electron chi connectivity index (χ2n) is 4.68. The molecular formula is C13H19N3. The van der Waals surface area contributed by atoms with E-state index in [2.05, 4.69) is 48.1 Å². The van der Waals surface area contributed by atoms with Crippen molar-refractivity contribution >= 4 is 0 Å². The van der Waals surface area contributed by atoms with Crippen molar-refractivity contribution in [2.24, 2.45) is 0 Å². The Bertz CT molecular complexity index is 382. The Labute approximate surface area is 96.9 Å². The van der Waals surface area contributed by atoms with E-state index in [1.807, 2.05) is 19.1 Å². The van der Waals surface area contributed by atoms with Gasteiger partial charge in [0.05, 0.1) is 0 Å². The topological polar surface area (TPSA) is 41.6 Å². The summed E-state index contributed by atoms with van der Waals surface area (Å²) in [6, 6.07) is 7.99. The normalized spacial score (nSPS) is 10.5. The lowest BCUT2D eigenvalue weighted by atomic mass is 9.91. The Morgan fingerprint density at radius 2 is 1.88 bits per heavy atom. The van der Waals surface area contributed by atoms with Gasteiger partial charge in [0.25, 0.3) is 0 Å². The third-order valence-electron chi connectivity index (χ3n) is 2.06. The summed E-state index contributed by atoms with van der Waals surface area (Å²) in [6.45, 7) is 8.55. The van der Waals surface area contributed by atoms with Crippen LogP contribution < -0.4 is 0 Å². The minimum absolute atomic E-state index is 0.173. The number of aromatic amines is 1. The highest BCUT2D eigenvalue weighted by atomic mass is 15.1. The quantitative estimate of drug-likeness (QED) is 0.736. The molecule has 86 valence electrons. The number of aryl methyl sites for hydroxylation is 1. The van der Waals surface area contributed by atoms with Crippen LogP contribution in [-0.2, 0) is 5.41 Å². The summed E-state index contributed by atoms with van der Waals surface area (Å²) in [4.78, 5) is 4.44. The molecule has 0 aliphatic heterocycles. The van der Waals surface area contributed by atoms with Gasteiger partial charge in [-0.3, -0.25) is 10.1 Å². The van der Waals surface area contributed by atoms with Gasteiger partial charge in [0.15, 0.2) is 0 Å². The molecular weight excluding hydrogens is 198 g/mol. The lowest BCUT2D eigenvalue weighted by molar-refractivity contribution is 0.567. The fourth-order valence-corrected chi connectivity index (χ4v) is 1.18. The Morgan fingerprint density at radius 3 is 2.19 bits per heavy atom. The molecule has 0 amide bonds. The average Bonchev–Trinajstić information content (AvgIpc) is 2.74. The van der Waals surface area contributed by atoms with Gasteiger partial charge in [-0.15, -0.1) is 0 Å². The van der Waals surface area contributed by atoms with Gasteiger partial charge in [-0.1, -0.05) is 26.8 Å². The van der Waals surface area contributed by atoms with Gasteiger partial charge < -0.3 is 0 Å². The fourth-order valence-electron chi connectivity index (χ4n) is 1.18. The van der Waals surface area contributed by atoms with Gasteiger partial charge in [-0.2, -0.15) is 5.10 Å². The molecule has 0 saturated heterocycles. The zero-order valence-corrected chi connectivity index (χ0v) is 10.4. The maximum atomic E-state index is 4.44. The van der Waals surface area contributed by atoms with Gasteiger partial charge in [-0.05, 0) is 25.1 Å². The minimum atomic E-state index is 0.173. The van der Waals surface area contributed by atoms with E-state index >= 15 is 0 Å². The van der Waals surface area contributed by atoms with Crippen molar-refractivity contribution in [1.29, 1.82) is 0 Å². The van der Waals surface area contributed by atoms with Crippen LogP contribution in [0.25, 0.3) is 0 Å². The zero-order valence-electron chi connectivity index (χ0n) is 10.4. The van der Waals surface area contributed by atoms with Crippen molar-refractivity contribution in [3.63, 3.8) is 0 Å². The predicted octanol–water partition coefficient (Wildman–Crippen LogP) is 3.10. The highest BCUT2D eigenvalue weighted by Crippen LogP contribution is 2.19. The van der Waals surface area contributed by atoms with Crippen LogP contribution in [0.1, 0.15) is 32.2 Å². The van der Waals surface area contributed by atoms with Crippen LogP contribution in [-0.4, -0.2) is 15.2 Å². The molecule has 16 heavy (non-hydrogen) atoms. The van der Waals surface area contributed by atoms with E-state index in [1.54, 1.807) is 12.4 Å². The number of nitrogens with one attached hydrogen (secondary N) is 1. The van der Waals surface area contributed by atoms with E-state index < -0.39 is 0 Å². The van der Waals surface area contributed by atoms with E-state index in [0.717, 1.165) is 11.4 Å². The summed E-state index contributed by atoms with van der Waals surface area (Å²) in [6.07, 6.45) is 3.46. The molecule has 0 atom stereocenters. The molecule has 0 saturated carbocycles. The predicted molar refractivity (Wildman–Crippen MR) is 66.3 cm³/mol. The summed E-state index contributed by atoms with van der Waals surface area (Å²) in [5.41, 5.74) is 2.43. The molecule has 2 aromatic heterocycles. The van der Waals surface area contributed by atoms with Crippen molar-refractivity contribution < 1.29 is 0 Å². The molecule has 0 fully saturated rings. The van der Waals surface area contributed by atoms with E-state index in [4.69, 9.17) is 0 Å². The summed E-state index contributed by atoms with van der Waals surface area (Å²) < 4.78 is 0. The molecule has 0 bridgehead atoms. The van der Waals surface area contributed by atoms with Crippen LogP contribution >= 0.6 is 0 Å². The number of hydrogen-bond acceptors (Lipinski definition) is 2. The molecule has 0 aromatic carbocycles. The van der Waals surface area contributed by atoms with Gasteiger partial charge in [-0.25, -0.2) is 0 Å². The first kappa shape index (κ1) is 12.4. The van der Waals surface area contributed by atoms with Crippen molar-refractivity contribution in [2.45, 2.75) is 33.1 Å². The lowest BCUT2D eigenvalue weighted by Gasteiger charge is -2.17. The van der Waals surface area contributed by atoms with Crippen molar-refractivity contribution in [3.05, 3.63) is 48.0 Å². The Hall–Kier alpha value is -1.64. The van der Waals surface area contributed by atoms with E-state index in [9.17, 15) is 0 Å². The Balaban J connectivity index is 0.000000212. The molecule has 0 aliphatic rings. The van der Waals surface area contributed by atoms with Crippen molar-refractivity contribution in [3.8, 4) is 0 Å².